The third-order valence-corrected chi connectivity index (χ3v) is 6.18. The van der Waals surface area contributed by atoms with E-state index in [1.54, 1.807) is 19.1 Å². The number of aryl methyl sites for hydroxylation is 2. The van der Waals surface area contributed by atoms with E-state index < -0.39 is 34.3 Å². The number of benzene rings is 2. The van der Waals surface area contributed by atoms with Gasteiger partial charge in [0.05, 0.1) is 11.9 Å². The summed E-state index contributed by atoms with van der Waals surface area (Å²) in [5.41, 5.74) is 2.72. The average molecular weight is 478 g/mol. The molecule has 2 aromatic rings. The normalized spacial score (nSPS) is 12.4. The van der Waals surface area contributed by atoms with Crippen LogP contribution in [0.2, 0.25) is 0 Å². The van der Waals surface area contributed by atoms with Crippen LogP contribution < -0.4 is 9.62 Å². The first kappa shape index (κ1) is 26.3. The van der Waals surface area contributed by atoms with Gasteiger partial charge in [-0.05, 0) is 75.6 Å². The molecule has 0 unspecified atom stereocenters. The zero-order valence-electron chi connectivity index (χ0n) is 19.9. The molecule has 0 spiro atoms. The fourth-order valence-electron chi connectivity index (χ4n) is 3.48. The van der Waals surface area contributed by atoms with E-state index in [2.05, 4.69) is 5.32 Å². The number of carbonyl (C=O) groups is 2. The van der Waals surface area contributed by atoms with Crippen molar-refractivity contribution in [2.45, 2.75) is 53.2 Å². The van der Waals surface area contributed by atoms with Crippen molar-refractivity contribution < 1.29 is 22.4 Å². The lowest BCUT2D eigenvalue weighted by Crippen LogP contribution is -2.52. The summed E-state index contributed by atoms with van der Waals surface area (Å²) in [4.78, 5) is 27.4. The van der Waals surface area contributed by atoms with Crippen LogP contribution in [0.4, 0.5) is 10.1 Å². The number of carbonyl (C=O) groups excluding carboxylic acids is 2. The Morgan fingerprint density at radius 3 is 2.03 bits per heavy atom. The number of rotatable bonds is 9. The number of hydrogen-bond acceptors (Lipinski definition) is 4. The van der Waals surface area contributed by atoms with E-state index in [0.29, 0.717) is 11.3 Å². The van der Waals surface area contributed by atoms with Gasteiger partial charge >= 0.3 is 0 Å². The lowest BCUT2D eigenvalue weighted by molar-refractivity contribution is -0.139. The van der Waals surface area contributed by atoms with Crippen molar-refractivity contribution >= 4 is 27.5 Å². The second-order valence-electron chi connectivity index (χ2n) is 8.60. The van der Waals surface area contributed by atoms with E-state index in [0.717, 1.165) is 21.7 Å². The first-order valence-corrected chi connectivity index (χ1v) is 12.5. The SMILES string of the molecule is Cc1cc(C)cc(N(CC(=O)N(Cc2ccc(F)cc2)[C@H](C)C(=O)NC(C)C)S(C)(=O)=O)c1. The topological polar surface area (TPSA) is 86.8 Å². The smallest absolute Gasteiger partial charge is 0.244 e. The average Bonchev–Trinajstić information content (AvgIpc) is 2.68. The van der Waals surface area contributed by atoms with Gasteiger partial charge in [0.15, 0.2) is 0 Å². The highest BCUT2D eigenvalue weighted by atomic mass is 32.2. The monoisotopic (exact) mass is 477 g/mol. The molecule has 2 aromatic carbocycles. The number of nitrogens with one attached hydrogen (secondary N) is 1. The molecule has 9 heteroatoms. The third-order valence-electron chi connectivity index (χ3n) is 5.04. The Balaban J connectivity index is 2.41. The molecule has 1 atom stereocenters. The maximum atomic E-state index is 13.4. The van der Waals surface area contributed by atoms with Gasteiger partial charge in [-0.25, -0.2) is 12.8 Å². The number of amides is 2. The summed E-state index contributed by atoms with van der Waals surface area (Å²) < 4.78 is 39.6. The Morgan fingerprint density at radius 1 is 1.00 bits per heavy atom. The van der Waals surface area contributed by atoms with E-state index in [-0.39, 0.29) is 18.5 Å². The van der Waals surface area contributed by atoms with Crippen molar-refractivity contribution in [2.24, 2.45) is 0 Å². The molecule has 180 valence electrons. The van der Waals surface area contributed by atoms with Crippen LogP contribution in [0.15, 0.2) is 42.5 Å². The van der Waals surface area contributed by atoms with E-state index in [1.165, 1.54) is 29.2 Å². The van der Waals surface area contributed by atoms with Crippen molar-refractivity contribution in [3.8, 4) is 0 Å². The second kappa shape index (κ2) is 10.8. The number of sulfonamides is 1. The molecule has 7 nitrogen and oxygen atoms in total. The molecule has 0 aromatic heterocycles. The number of nitrogens with zero attached hydrogens (tertiary/aromatic N) is 2. The zero-order valence-corrected chi connectivity index (χ0v) is 20.7. The summed E-state index contributed by atoms with van der Waals surface area (Å²) in [7, 11) is -3.79. The molecule has 0 aliphatic carbocycles. The first-order chi connectivity index (χ1) is 15.3. The molecule has 2 rings (SSSR count). The number of hydrogen-bond donors (Lipinski definition) is 1. The summed E-state index contributed by atoms with van der Waals surface area (Å²) in [6.45, 7) is 8.44. The first-order valence-electron chi connectivity index (χ1n) is 10.7. The Labute approximate surface area is 195 Å². The van der Waals surface area contributed by atoms with E-state index >= 15 is 0 Å². The highest BCUT2D eigenvalue weighted by molar-refractivity contribution is 7.92. The van der Waals surface area contributed by atoms with E-state index in [9.17, 15) is 22.4 Å². The Morgan fingerprint density at radius 2 is 1.55 bits per heavy atom. The van der Waals surface area contributed by atoms with Crippen LogP contribution in [-0.4, -0.2) is 50.0 Å². The lowest BCUT2D eigenvalue weighted by Gasteiger charge is -2.32. The van der Waals surface area contributed by atoms with Crippen LogP contribution in [0, 0.1) is 19.7 Å². The maximum Gasteiger partial charge on any atom is 0.244 e. The number of anilines is 1. The molecule has 0 radical (unpaired) electrons. The molecule has 0 saturated carbocycles. The maximum absolute atomic E-state index is 13.4. The van der Waals surface area contributed by atoms with E-state index in [1.807, 2.05) is 33.8 Å². The van der Waals surface area contributed by atoms with E-state index in [4.69, 9.17) is 0 Å². The van der Waals surface area contributed by atoms with Gasteiger partial charge in [0.25, 0.3) is 0 Å². The molecule has 1 N–H and O–H groups in total. The number of halogens is 1. The van der Waals surface area contributed by atoms with Gasteiger partial charge in [-0.3, -0.25) is 13.9 Å². The molecule has 0 aliphatic rings. The molecule has 0 bridgehead atoms. The van der Waals surface area contributed by atoms with Gasteiger partial charge in [-0.1, -0.05) is 18.2 Å². The minimum atomic E-state index is -3.79. The van der Waals surface area contributed by atoms with Crippen molar-refractivity contribution in [1.82, 2.24) is 10.2 Å². The molecule has 2 amide bonds. The summed E-state index contributed by atoms with van der Waals surface area (Å²) in [6, 6.07) is 9.90. The van der Waals surface area contributed by atoms with Crippen molar-refractivity contribution in [3.63, 3.8) is 0 Å². The van der Waals surface area contributed by atoms with Gasteiger partial charge in [0.2, 0.25) is 21.8 Å². The van der Waals surface area contributed by atoms with Gasteiger partial charge in [-0.15, -0.1) is 0 Å². The van der Waals surface area contributed by atoms with Crippen LogP contribution in [-0.2, 0) is 26.2 Å². The zero-order chi connectivity index (χ0) is 24.9. The van der Waals surface area contributed by atoms with Crippen LogP contribution >= 0.6 is 0 Å². The molecular weight excluding hydrogens is 445 g/mol. The molecule has 33 heavy (non-hydrogen) atoms. The standard InChI is InChI=1S/C24H32FN3O4S/c1-16(2)26-24(30)19(5)27(14-20-7-9-21(25)10-8-20)23(29)15-28(33(6,31)32)22-12-17(3)11-18(4)13-22/h7-13,16,19H,14-15H2,1-6H3,(H,26,30)/t19-/m1/s1. The summed E-state index contributed by atoms with van der Waals surface area (Å²) in [5.74, 6) is -1.33. The minimum absolute atomic E-state index is 0.0240. The highest BCUT2D eigenvalue weighted by Crippen LogP contribution is 2.22. The van der Waals surface area contributed by atoms with Crippen LogP contribution in [0.3, 0.4) is 0 Å². The summed E-state index contributed by atoms with van der Waals surface area (Å²) in [5, 5.41) is 2.78. The van der Waals surface area contributed by atoms with Crippen molar-refractivity contribution in [3.05, 3.63) is 65.0 Å². The van der Waals surface area contributed by atoms with Gasteiger partial charge in [0.1, 0.15) is 18.4 Å². The quantitative estimate of drug-likeness (QED) is 0.601. The van der Waals surface area contributed by atoms with Crippen LogP contribution in [0.5, 0.6) is 0 Å². The Kier molecular flexibility index (Phi) is 8.60. The summed E-state index contributed by atoms with van der Waals surface area (Å²) in [6.07, 6.45) is 1.04. The van der Waals surface area contributed by atoms with Gasteiger partial charge in [0, 0.05) is 12.6 Å². The van der Waals surface area contributed by atoms with Gasteiger partial charge < -0.3 is 10.2 Å². The summed E-state index contributed by atoms with van der Waals surface area (Å²) >= 11 is 0. The Hall–Kier alpha value is -2.94. The Bertz CT molecular complexity index is 1080. The third kappa shape index (κ3) is 7.56. The largest absolute Gasteiger partial charge is 0.352 e. The molecule has 0 aliphatic heterocycles. The molecule has 0 heterocycles. The minimum Gasteiger partial charge on any atom is -0.352 e. The molecular formula is C24H32FN3O4S. The lowest BCUT2D eigenvalue weighted by atomic mass is 10.1. The predicted octanol–water partition coefficient (Wildman–Crippen LogP) is 3.15. The van der Waals surface area contributed by atoms with Crippen molar-refractivity contribution in [2.75, 3.05) is 17.1 Å². The molecule has 0 saturated heterocycles. The molecule has 0 fully saturated rings. The van der Waals surface area contributed by atoms with Gasteiger partial charge in [-0.2, -0.15) is 0 Å². The fourth-order valence-corrected chi connectivity index (χ4v) is 4.32. The van der Waals surface area contributed by atoms with Crippen LogP contribution in [0.25, 0.3) is 0 Å². The second-order valence-corrected chi connectivity index (χ2v) is 10.5. The van der Waals surface area contributed by atoms with Crippen molar-refractivity contribution in [1.29, 1.82) is 0 Å². The highest BCUT2D eigenvalue weighted by Gasteiger charge is 2.30. The van der Waals surface area contributed by atoms with Crippen LogP contribution in [0.1, 0.15) is 37.5 Å². The fraction of sp³-hybridized carbons (Fsp3) is 0.417. The predicted molar refractivity (Wildman–Crippen MR) is 128 cm³/mol.